The normalized spacial score (nSPS) is 14.2. The van der Waals surface area contributed by atoms with Crippen molar-refractivity contribution in [1.82, 2.24) is 0 Å². The first-order valence-electron chi connectivity index (χ1n) is 36.0. The molecule has 88 heavy (non-hydrogen) atoms. The molecule has 0 bridgehead atoms. The van der Waals surface area contributed by atoms with Crippen LogP contribution >= 0.6 is 15.6 Å². The number of carbonyl (C=O) groups is 4. The Bertz CT molecular complexity index is 1720. The van der Waals surface area contributed by atoms with Crippen molar-refractivity contribution in [3.63, 3.8) is 0 Å². The molecule has 0 aromatic rings. The van der Waals surface area contributed by atoms with E-state index in [9.17, 15) is 43.2 Å². The summed E-state index contributed by atoms with van der Waals surface area (Å²) in [5.41, 5.74) is 0. The van der Waals surface area contributed by atoms with Gasteiger partial charge in [-0.25, -0.2) is 9.13 Å². The van der Waals surface area contributed by atoms with Gasteiger partial charge in [0.05, 0.1) is 26.4 Å². The Kier molecular flexibility index (Phi) is 59.9. The third-order valence-electron chi connectivity index (χ3n) is 16.0. The summed E-state index contributed by atoms with van der Waals surface area (Å²) in [5.74, 6) is -0.629. The first kappa shape index (κ1) is 86.1. The third kappa shape index (κ3) is 62.8. The number of rotatable bonds is 68. The molecule has 0 aliphatic heterocycles. The Labute approximate surface area is 537 Å². The van der Waals surface area contributed by atoms with Gasteiger partial charge in [-0.05, 0) is 37.5 Å². The van der Waals surface area contributed by atoms with E-state index in [4.69, 9.17) is 37.0 Å². The summed E-state index contributed by atoms with van der Waals surface area (Å²) in [5, 5.41) is 10.6. The highest BCUT2D eigenvalue weighted by Crippen LogP contribution is 2.45. The number of carbonyl (C=O) groups excluding carboxylic acids is 4. The Balaban J connectivity index is 5.16. The summed E-state index contributed by atoms with van der Waals surface area (Å²) in [6.07, 6.45) is 46.2. The summed E-state index contributed by atoms with van der Waals surface area (Å²) >= 11 is 0. The molecule has 0 aromatic carbocycles. The number of phosphoric acid groups is 2. The number of ether oxygens (including phenoxy) is 4. The molecule has 0 saturated heterocycles. The Morgan fingerprint density at radius 1 is 0.307 bits per heavy atom. The van der Waals surface area contributed by atoms with Crippen molar-refractivity contribution in [1.29, 1.82) is 0 Å². The lowest BCUT2D eigenvalue weighted by atomic mass is 10.0. The molecular formula is C69H134O17P2. The van der Waals surface area contributed by atoms with Crippen molar-refractivity contribution in [2.45, 2.75) is 368 Å². The zero-order valence-corrected chi connectivity index (χ0v) is 58.8. The van der Waals surface area contributed by atoms with Crippen molar-refractivity contribution < 1.29 is 80.2 Å². The maximum atomic E-state index is 13.0. The molecule has 19 heteroatoms. The number of unbranched alkanes of at least 4 members (excludes halogenated alkanes) is 38. The highest BCUT2D eigenvalue weighted by atomic mass is 31.2. The van der Waals surface area contributed by atoms with Crippen LogP contribution in [0.4, 0.5) is 0 Å². The monoisotopic (exact) mass is 1300 g/mol. The van der Waals surface area contributed by atoms with Crippen molar-refractivity contribution >= 4 is 39.5 Å². The maximum absolute atomic E-state index is 13.0. The zero-order valence-electron chi connectivity index (χ0n) is 57.0. The minimum absolute atomic E-state index is 0.104. The van der Waals surface area contributed by atoms with Gasteiger partial charge in [-0.2, -0.15) is 0 Å². The predicted molar refractivity (Wildman–Crippen MR) is 354 cm³/mol. The van der Waals surface area contributed by atoms with Gasteiger partial charge in [0.15, 0.2) is 12.2 Å². The molecule has 3 N–H and O–H groups in total. The van der Waals surface area contributed by atoms with E-state index in [-0.39, 0.29) is 25.7 Å². The van der Waals surface area contributed by atoms with E-state index >= 15 is 0 Å². The highest BCUT2D eigenvalue weighted by Gasteiger charge is 2.30. The average molecular weight is 1300 g/mol. The van der Waals surface area contributed by atoms with Crippen LogP contribution in [0.3, 0.4) is 0 Å². The molecular weight excluding hydrogens is 1160 g/mol. The Morgan fingerprint density at radius 3 is 0.773 bits per heavy atom. The average Bonchev–Trinajstić information content (AvgIpc) is 3.53. The van der Waals surface area contributed by atoms with Crippen LogP contribution in [0.5, 0.6) is 0 Å². The Hall–Kier alpha value is -1.94. The molecule has 0 aromatic heterocycles. The van der Waals surface area contributed by atoms with Crippen molar-refractivity contribution in [3.8, 4) is 0 Å². The van der Waals surface area contributed by atoms with Gasteiger partial charge in [0.2, 0.25) is 0 Å². The maximum Gasteiger partial charge on any atom is 0.472 e. The Morgan fingerprint density at radius 2 is 0.523 bits per heavy atom. The zero-order chi connectivity index (χ0) is 65.0. The van der Waals surface area contributed by atoms with Gasteiger partial charge >= 0.3 is 39.5 Å². The van der Waals surface area contributed by atoms with Gasteiger partial charge in [-0.3, -0.25) is 37.3 Å². The van der Waals surface area contributed by atoms with Crippen molar-refractivity contribution in [2.24, 2.45) is 11.8 Å². The first-order chi connectivity index (χ1) is 42.4. The lowest BCUT2D eigenvalue weighted by Gasteiger charge is -2.21. The van der Waals surface area contributed by atoms with E-state index in [1.165, 1.54) is 161 Å². The standard InChI is InChI=1S/C69H134O17P2/c1-7-9-11-13-14-15-16-17-18-19-20-21-24-30-35-41-47-53-68(73)86-65(58-80-67(72)52-46-40-34-29-25-22-23-27-32-38-43-49-61(3)4)60-84-88(77,78)82-56-63(70)55-81-87(75,76)83-59-64(57-79-66(71)51-45-37-12-10-8-2)85-69(74)54-48-42-36-31-26-28-33-39-44-50-62(5)6/h61-65,70H,7-60H2,1-6H3,(H,75,76)(H,77,78)/t63-,64+,65+/m0/s1. The molecule has 0 spiro atoms. The molecule has 522 valence electrons. The molecule has 0 aliphatic rings. The fourth-order valence-electron chi connectivity index (χ4n) is 10.4. The topological polar surface area (TPSA) is 237 Å². The fourth-order valence-corrected chi connectivity index (χ4v) is 12.0. The number of esters is 4. The molecule has 0 heterocycles. The molecule has 0 rings (SSSR count). The van der Waals surface area contributed by atoms with Gasteiger partial charge in [0.25, 0.3) is 0 Å². The van der Waals surface area contributed by atoms with Crippen molar-refractivity contribution in [3.05, 3.63) is 0 Å². The van der Waals surface area contributed by atoms with Crippen molar-refractivity contribution in [2.75, 3.05) is 39.6 Å². The lowest BCUT2D eigenvalue weighted by Crippen LogP contribution is -2.30. The van der Waals surface area contributed by atoms with Crippen LogP contribution in [-0.4, -0.2) is 96.7 Å². The summed E-state index contributed by atoms with van der Waals surface area (Å²) < 4.78 is 68.0. The number of aliphatic hydroxyl groups is 1. The third-order valence-corrected chi connectivity index (χ3v) is 17.9. The summed E-state index contributed by atoms with van der Waals surface area (Å²) in [7, 11) is -9.89. The van der Waals surface area contributed by atoms with Gasteiger partial charge in [0.1, 0.15) is 19.3 Å². The summed E-state index contributed by atoms with van der Waals surface area (Å²) in [4.78, 5) is 72.2. The minimum Gasteiger partial charge on any atom is -0.462 e. The van der Waals surface area contributed by atoms with Gasteiger partial charge in [0, 0.05) is 25.7 Å². The van der Waals surface area contributed by atoms with Crippen LogP contribution in [0.2, 0.25) is 0 Å². The SMILES string of the molecule is CCCCCCCCCCCCCCCCCCCC(=O)O[C@H](COC(=O)CCCCCCCCCCCCCC(C)C)COP(=O)(O)OC[C@@H](O)COP(=O)(O)OC[C@@H](COC(=O)CCCCCCC)OC(=O)CCCCCCCCCCCC(C)C. The van der Waals surface area contributed by atoms with Crippen LogP contribution in [0.15, 0.2) is 0 Å². The van der Waals surface area contributed by atoms with E-state index in [1.807, 2.05) is 0 Å². The first-order valence-corrected chi connectivity index (χ1v) is 39.0. The van der Waals surface area contributed by atoms with E-state index in [0.29, 0.717) is 25.7 Å². The molecule has 17 nitrogen and oxygen atoms in total. The van der Waals surface area contributed by atoms with E-state index in [2.05, 4.69) is 41.5 Å². The van der Waals surface area contributed by atoms with Gasteiger partial charge in [-0.1, -0.05) is 298 Å². The van der Waals surface area contributed by atoms with E-state index in [0.717, 1.165) is 108 Å². The minimum atomic E-state index is -4.95. The summed E-state index contributed by atoms with van der Waals surface area (Å²) in [6.45, 7) is 9.43. The second-order valence-corrected chi connectivity index (χ2v) is 28.8. The molecule has 0 fully saturated rings. The smallest absolute Gasteiger partial charge is 0.462 e. The summed E-state index contributed by atoms with van der Waals surface area (Å²) in [6, 6.07) is 0. The van der Waals surface area contributed by atoms with Crippen LogP contribution in [-0.2, 0) is 65.4 Å². The number of phosphoric ester groups is 2. The van der Waals surface area contributed by atoms with Gasteiger partial charge in [-0.15, -0.1) is 0 Å². The molecule has 0 aliphatic carbocycles. The second-order valence-electron chi connectivity index (χ2n) is 25.9. The molecule has 0 radical (unpaired) electrons. The predicted octanol–water partition coefficient (Wildman–Crippen LogP) is 19.6. The fraction of sp³-hybridized carbons (Fsp3) is 0.942. The second kappa shape index (κ2) is 61.3. The molecule has 0 saturated carbocycles. The number of aliphatic hydroxyl groups excluding tert-OH is 1. The molecule has 0 amide bonds. The largest absolute Gasteiger partial charge is 0.472 e. The molecule has 5 atom stereocenters. The van der Waals surface area contributed by atoms with Crippen LogP contribution in [0, 0.1) is 11.8 Å². The highest BCUT2D eigenvalue weighted by molar-refractivity contribution is 7.47. The lowest BCUT2D eigenvalue weighted by molar-refractivity contribution is -0.161. The van der Waals surface area contributed by atoms with E-state index in [1.54, 1.807) is 0 Å². The van der Waals surface area contributed by atoms with E-state index < -0.39 is 97.5 Å². The quantitative estimate of drug-likeness (QED) is 0.0222. The molecule has 2 unspecified atom stereocenters. The van der Waals surface area contributed by atoms with Gasteiger partial charge < -0.3 is 33.8 Å². The van der Waals surface area contributed by atoms with Crippen LogP contribution in [0.25, 0.3) is 0 Å². The number of hydrogen-bond acceptors (Lipinski definition) is 15. The van der Waals surface area contributed by atoms with Crippen LogP contribution in [0.1, 0.15) is 350 Å². The van der Waals surface area contributed by atoms with Crippen LogP contribution < -0.4 is 0 Å². The number of hydrogen-bond donors (Lipinski definition) is 3.